The Morgan fingerprint density at radius 2 is 2.21 bits per heavy atom. The Morgan fingerprint density at radius 1 is 1.42 bits per heavy atom. The smallest absolute Gasteiger partial charge is 0.347 e. The first kappa shape index (κ1) is 17.1. The third-order valence-corrected chi connectivity index (χ3v) is 2.95. The molecular formula is C16H15FN4O3. The van der Waals surface area contributed by atoms with E-state index in [4.69, 9.17) is 20.5 Å². The monoisotopic (exact) mass is 330 g/mol. The van der Waals surface area contributed by atoms with Crippen molar-refractivity contribution in [3.8, 4) is 23.3 Å². The van der Waals surface area contributed by atoms with Crippen LogP contribution in [-0.4, -0.2) is 35.8 Å². The van der Waals surface area contributed by atoms with Crippen LogP contribution >= 0.6 is 0 Å². The van der Waals surface area contributed by atoms with E-state index in [1.54, 1.807) is 31.2 Å². The number of hydrogen-bond donors (Lipinski definition) is 1. The summed E-state index contributed by atoms with van der Waals surface area (Å²) < 4.78 is 22.5. The summed E-state index contributed by atoms with van der Waals surface area (Å²) in [7, 11) is 0. The van der Waals surface area contributed by atoms with Crippen molar-refractivity contribution in [2.24, 2.45) is 0 Å². The zero-order chi connectivity index (χ0) is 17.5. The zero-order valence-corrected chi connectivity index (χ0v) is 13.0. The van der Waals surface area contributed by atoms with Crippen molar-refractivity contribution < 1.29 is 18.7 Å². The molecule has 124 valence electrons. The van der Waals surface area contributed by atoms with Crippen LogP contribution in [0.25, 0.3) is 11.4 Å². The lowest BCUT2D eigenvalue weighted by atomic mass is 10.1. The highest BCUT2D eigenvalue weighted by atomic mass is 19.1. The van der Waals surface area contributed by atoms with E-state index < -0.39 is 12.6 Å². The standard InChI is InChI=1S/C16H15FN4O3/c1-2-23-16(22)12-13(19)20-14(21-15(12)24-7-6-17)11-5-3-4-10(8-11)9-18/h3-5,8H,2,6-7H2,1H3,(H2,19,20,21). The molecule has 0 unspecified atom stereocenters. The highest BCUT2D eigenvalue weighted by molar-refractivity contribution is 5.97. The molecule has 0 bridgehead atoms. The largest absolute Gasteiger partial charge is 0.474 e. The normalized spacial score (nSPS) is 10.0. The number of ether oxygens (including phenoxy) is 2. The number of halogens is 1. The van der Waals surface area contributed by atoms with Crippen molar-refractivity contribution in [3.05, 3.63) is 35.4 Å². The van der Waals surface area contributed by atoms with E-state index in [0.29, 0.717) is 11.1 Å². The lowest BCUT2D eigenvalue weighted by molar-refractivity contribution is 0.0521. The fourth-order valence-electron chi connectivity index (χ4n) is 1.95. The van der Waals surface area contributed by atoms with Crippen molar-refractivity contribution in [2.75, 3.05) is 25.6 Å². The lowest BCUT2D eigenvalue weighted by Gasteiger charge is -2.12. The summed E-state index contributed by atoms with van der Waals surface area (Å²) in [5.74, 6) is -0.890. The van der Waals surface area contributed by atoms with Gasteiger partial charge in [-0.2, -0.15) is 10.2 Å². The van der Waals surface area contributed by atoms with Gasteiger partial charge in [0.2, 0.25) is 5.88 Å². The third-order valence-electron chi connectivity index (χ3n) is 2.95. The second-order valence-electron chi connectivity index (χ2n) is 4.56. The first-order valence-corrected chi connectivity index (χ1v) is 7.14. The molecule has 24 heavy (non-hydrogen) atoms. The van der Waals surface area contributed by atoms with Crippen LogP contribution in [0.3, 0.4) is 0 Å². The minimum atomic E-state index is -0.759. The van der Waals surface area contributed by atoms with E-state index in [1.165, 1.54) is 0 Å². The van der Waals surface area contributed by atoms with Gasteiger partial charge in [0.1, 0.15) is 19.1 Å². The quantitative estimate of drug-likeness (QED) is 0.807. The van der Waals surface area contributed by atoms with Gasteiger partial charge in [0.05, 0.1) is 18.2 Å². The van der Waals surface area contributed by atoms with Crippen LogP contribution in [0, 0.1) is 11.3 Å². The van der Waals surface area contributed by atoms with Crippen molar-refractivity contribution >= 4 is 11.8 Å². The highest BCUT2D eigenvalue weighted by Crippen LogP contribution is 2.27. The molecule has 0 aliphatic carbocycles. The maximum absolute atomic E-state index is 12.4. The van der Waals surface area contributed by atoms with Gasteiger partial charge in [0.15, 0.2) is 11.4 Å². The molecule has 0 aliphatic heterocycles. The van der Waals surface area contributed by atoms with Crippen LogP contribution in [0.5, 0.6) is 5.88 Å². The molecule has 0 aliphatic rings. The first-order chi connectivity index (χ1) is 11.6. The lowest BCUT2D eigenvalue weighted by Crippen LogP contribution is -2.15. The Bertz CT molecular complexity index is 789. The summed E-state index contributed by atoms with van der Waals surface area (Å²) >= 11 is 0. The average molecular weight is 330 g/mol. The van der Waals surface area contributed by atoms with E-state index in [2.05, 4.69) is 9.97 Å². The number of carbonyl (C=O) groups excluding carboxylic acids is 1. The molecule has 0 saturated heterocycles. The van der Waals surface area contributed by atoms with Crippen molar-refractivity contribution in [1.82, 2.24) is 9.97 Å². The van der Waals surface area contributed by atoms with Gasteiger partial charge < -0.3 is 15.2 Å². The number of esters is 1. The number of nitrogen functional groups attached to an aromatic ring is 1. The Kier molecular flexibility index (Phi) is 5.63. The van der Waals surface area contributed by atoms with E-state index >= 15 is 0 Å². The van der Waals surface area contributed by atoms with Gasteiger partial charge in [-0.15, -0.1) is 0 Å². The topological polar surface area (TPSA) is 111 Å². The van der Waals surface area contributed by atoms with Gasteiger partial charge in [-0.05, 0) is 19.1 Å². The first-order valence-electron chi connectivity index (χ1n) is 7.14. The van der Waals surface area contributed by atoms with Crippen LogP contribution in [0.1, 0.15) is 22.8 Å². The van der Waals surface area contributed by atoms with Crippen LogP contribution in [0.4, 0.5) is 10.2 Å². The number of alkyl halides is 1. The number of benzene rings is 1. The van der Waals surface area contributed by atoms with E-state index in [1.807, 2.05) is 6.07 Å². The molecule has 2 rings (SSSR count). The fraction of sp³-hybridized carbons (Fsp3) is 0.250. The van der Waals surface area contributed by atoms with Crippen LogP contribution < -0.4 is 10.5 Å². The maximum atomic E-state index is 12.4. The van der Waals surface area contributed by atoms with Gasteiger partial charge in [0.25, 0.3) is 0 Å². The summed E-state index contributed by atoms with van der Waals surface area (Å²) in [5.41, 5.74) is 6.62. The van der Waals surface area contributed by atoms with E-state index in [9.17, 15) is 9.18 Å². The molecule has 0 radical (unpaired) electrons. The number of aromatic nitrogens is 2. The van der Waals surface area contributed by atoms with Gasteiger partial charge in [-0.1, -0.05) is 12.1 Å². The Labute approximate surface area is 137 Å². The van der Waals surface area contributed by atoms with Crippen LogP contribution in [0.15, 0.2) is 24.3 Å². The highest BCUT2D eigenvalue weighted by Gasteiger charge is 2.22. The average Bonchev–Trinajstić information content (AvgIpc) is 2.59. The van der Waals surface area contributed by atoms with Gasteiger partial charge in [-0.3, -0.25) is 0 Å². The predicted octanol–water partition coefficient (Wildman–Crippen LogP) is 2.12. The summed E-state index contributed by atoms with van der Waals surface area (Å²) in [4.78, 5) is 20.2. The van der Waals surface area contributed by atoms with Crippen LogP contribution in [-0.2, 0) is 4.74 Å². The Morgan fingerprint density at radius 3 is 2.88 bits per heavy atom. The Hall–Kier alpha value is -3.21. The van der Waals surface area contributed by atoms with Gasteiger partial charge in [-0.25, -0.2) is 14.2 Å². The van der Waals surface area contributed by atoms with E-state index in [-0.39, 0.29) is 36.3 Å². The molecule has 0 amide bonds. The number of nitriles is 1. The maximum Gasteiger partial charge on any atom is 0.347 e. The predicted molar refractivity (Wildman–Crippen MR) is 84.0 cm³/mol. The van der Waals surface area contributed by atoms with E-state index in [0.717, 1.165) is 0 Å². The molecular weight excluding hydrogens is 315 g/mol. The molecule has 7 nitrogen and oxygen atoms in total. The van der Waals surface area contributed by atoms with Gasteiger partial charge in [0, 0.05) is 5.56 Å². The molecule has 0 atom stereocenters. The Balaban J connectivity index is 2.53. The van der Waals surface area contributed by atoms with Crippen molar-refractivity contribution in [1.29, 1.82) is 5.26 Å². The van der Waals surface area contributed by atoms with Crippen molar-refractivity contribution in [2.45, 2.75) is 6.92 Å². The number of anilines is 1. The summed E-state index contributed by atoms with van der Waals surface area (Å²) in [5, 5.41) is 8.97. The number of hydrogen-bond acceptors (Lipinski definition) is 7. The molecule has 0 fully saturated rings. The SMILES string of the molecule is CCOC(=O)c1c(N)nc(-c2cccc(C#N)c2)nc1OCCF. The number of rotatable bonds is 6. The minimum absolute atomic E-state index is 0.132. The molecule has 2 N–H and O–H groups in total. The molecule has 1 aromatic heterocycles. The molecule has 1 heterocycles. The van der Waals surface area contributed by atoms with Crippen LogP contribution in [0.2, 0.25) is 0 Å². The minimum Gasteiger partial charge on any atom is -0.474 e. The molecule has 0 spiro atoms. The third kappa shape index (κ3) is 3.76. The van der Waals surface area contributed by atoms with Gasteiger partial charge >= 0.3 is 5.97 Å². The molecule has 2 aromatic rings. The fourth-order valence-corrected chi connectivity index (χ4v) is 1.95. The second kappa shape index (κ2) is 7.87. The zero-order valence-electron chi connectivity index (χ0n) is 13.0. The molecule has 0 saturated carbocycles. The van der Waals surface area contributed by atoms with Crippen molar-refractivity contribution in [3.63, 3.8) is 0 Å². The number of nitrogens with zero attached hydrogens (tertiary/aromatic N) is 3. The number of nitrogens with two attached hydrogens (primary N) is 1. The summed E-state index contributed by atoms with van der Waals surface area (Å²) in [6.45, 7) is 0.720. The molecule has 1 aromatic carbocycles. The second-order valence-corrected chi connectivity index (χ2v) is 4.56. The summed E-state index contributed by atoms with van der Waals surface area (Å²) in [6.07, 6.45) is 0. The molecule has 8 heteroatoms. The summed E-state index contributed by atoms with van der Waals surface area (Å²) in [6, 6.07) is 8.54. The number of carbonyl (C=O) groups is 1.